The molecule has 0 aliphatic rings. The highest BCUT2D eigenvalue weighted by molar-refractivity contribution is 7.44. The van der Waals surface area contributed by atoms with E-state index in [1.165, 1.54) is 0 Å². The van der Waals surface area contributed by atoms with E-state index in [0.29, 0.717) is 6.42 Å². The van der Waals surface area contributed by atoms with E-state index in [0.717, 1.165) is 0 Å². The van der Waals surface area contributed by atoms with Gasteiger partial charge < -0.3 is 4.74 Å². The molecular formula is C5H10Cl2O2Si. The Kier molecular flexibility index (Phi) is 4.32. The van der Waals surface area contributed by atoms with Crippen molar-refractivity contribution in [1.82, 2.24) is 0 Å². The first-order valence-electron chi connectivity index (χ1n) is 2.99. The summed E-state index contributed by atoms with van der Waals surface area (Å²) in [7, 11) is 0. The molecule has 0 saturated carbocycles. The van der Waals surface area contributed by atoms with Crippen LogP contribution in [-0.2, 0) is 9.53 Å². The molecule has 0 aromatic carbocycles. The number of esters is 1. The van der Waals surface area contributed by atoms with Crippen molar-refractivity contribution in [2.45, 2.75) is 19.9 Å². The third-order valence-corrected chi connectivity index (χ3v) is 2.08. The van der Waals surface area contributed by atoms with Gasteiger partial charge in [-0.2, -0.15) is 0 Å². The van der Waals surface area contributed by atoms with Crippen LogP contribution in [0.1, 0.15) is 13.3 Å². The average Bonchev–Trinajstić information content (AvgIpc) is 1.81. The zero-order valence-corrected chi connectivity index (χ0v) is 8.50. The van der Waals surface area contributed by atoms with Gasteiger partial charge >= 0.3 is 5.97 Å². The number of hydrogen-bond donors (Lipinski definition) is 0. The summed E-state index contributed by atoms with van der Waals surface area (Å²) < 4.78 is 4.71. The molecule has 0 bridgehead atoms. The molecule has 0 aliphatic heterocycles. The van der Waals surface area contributed by atoms with Gasteiger partial charge in [-0.05, 0) is 6.55 Å². The molecule has 0 aromatic rings. The SMILES string of the molecule is CCC(=O)OC[Si](C)(Cl)Cl. The van der Waals surface area contributed by atoms with E-state index in [1.54, 1.807) is 13.5 Å². The van der Waals surface area contributed by atoms with Crippen molar-refractivity contribution < 1.29 is 9.53 Å². The second-order valence-corrected chi connectivity index (χ2v) is 10.1. The van der Waals surface area contributed by atoms with Gasteiger partial charge in [-0.3, -0.25) is 4.79 Å². The van der Waals surface area contributed by atoms with Gasteiger partial charge in [-0.1, -0.05) is 6.92 Å². The van der Waals surface area contributed by atoms with Crippen molar-refractivity contribution in [2.24, 2.45) is 0 Å². The van der Waals surface area contributed by atoms with Gasteiger partial charge in [0.15, 0.2) is 0 Å². The molecule has 0 fully saturated rings. The third kappa shape index (κ3) is 6.39. The Morgan fingerprint density at radius 2 is 2.10 bits per heavy atom. The summed E-state index contributed by atoms with van der Waals surface area (Å²) in [5.74, 6) is -0.250. The van der Waals surface area contributed by atoms with E-state index >= 15 is 0 Å². The molecule has 0 aromatic heterocycles. The van der Waals surface area contributed by atoms with Crippen LogP contribution < -0.4 is 0 Å². The number of ether oxygens (including phenoxy) is 1. The number of halogens is 2. The zero-order valence-electron chi connectivity index (χ0n) is 5.99. The summed E-state index contributed by atoms with van der Waals surface area (Å²) in [5, 5.41) is 0. The minimum atomic E-state index is -2.23. The first-order valence-corrected chi connectivity index (χ1v) is 7.72. The van der Waals surface area contributed by atoms with Gasteiger partial charge in [0.1, 0.15) is 6.23 Å². The van der Waals surface area contributed by atoms with Crippen LogP contribution in [-0.4, -0.2) is 18.9 Å². The molecule has 0 aliphatic carbocycles. The molecule has 0 saturated heterocycles. The second-order valence-electron chi connectivity index (χ2n) is 2.08. The average molecular weight is 201 g/mol. The number of carbonyl (C=O) groups is 1. The highest BCUT2D eigenvalue weighted by Crippen LogP contribution is 2.13. The van der Waals surface area contributed by atoms with Crippen LogP contribution in [0.25, 0.3) is 0 Å². The fraction of sp³-hybridized carbons (Fsp3) is 0.800. The third-order valence-electron chi connectivity index (χ3n) is 0.775. The molecule has 2 nitrogen and oxygen atoms in total. The van der Waals surface area contributed by atoms with E-state index in [4.69, 9.17) is 26.9 Å². The molecule has 60 valence electrons. The summed E-state index contributed by atoms with van der Waals surface area (Å²) in [5.41, 5.74) is 0. The topological polar surface area (TPSA) is 26.3 Å². The lowest BCUT2D eigenvalue weighted by molar-refractivity contribution is -0.141. The molecule has 0 heterocycles. The van der Waals surface area contributed by atoms with Crippen molar-refractivity contribution in [3.05, 3.63) is 0 Å². The minimum absolute atomic E-state index is 0.183. The van der Waals surface area contributed by atoms with Gasteiger partial charge in [0.05, 0.1) is 0 Å². The van der Waals surface area contributed by atoms with Crippen LogP contribution in [0.15, 0.2) is 0 Å². The van der Waals surface area contributed by atoms with Gasteiger partial charge in [0, 0.05) is 6.42 Å². The molecule has 0 amide bonds. The van der Waals surface area contributed by atoms with Gasteiger partial charge in [-0.25, -0.2) is 0 Å². The summed E-state index contributed by atoms with van der Waals surface area (Å²) in [4.78, 5) is 10.5. The van der Waals surface area contributed by atoms with Crippen molar-refractivity contribution >= 4 is 34.8 Å². The molecule has 0 unspecified atom stereocenters. The maximum Gasteiger partial charge on any atom is 0.305 e. The maximum absolute atomic E-state index is 10.5. The van der Waals surface area contributed by atoms with Crippen LogP contribution in [0.2, 0.25) is 6.55 Å². The number of carbonyl (C=O) groups excluding carboxylic acids is 1. The van der Waals surface area contributed by atoms with E-state index in [2.05, 4.69) is 0 Å². The van der Waals surface area contributed by atoms with Crippen molar-refractivity contribution in [1.29, 1.82) is 0 Å². The maximum atomic E-state index is 10.5. The van der Waals surface area contributed by atoms with E-state index in [-0.39, 0.29) is 12.2 Å². The lowest BCUT2D eigenvalue weighted by Crippen LogP contribution is -2.24. The van der Waals surface area contributed by atoms with Crippen LogP contribution in [0.5, 0.6) is 0 Å². The van der Waals surface area contributed by atoms with Gasteiger partial charge in [0.2, 0.25) is 0 Å². The summed E-state index contributed by atoms with van der Waals surface area (Å²) in [6.07, 6.45) is 0.557. The minimum Gasteiger partial charge on any atom is -0.466 e. The smallest absolute Gasteiger partial charge is 0.305 e. The Hall–Kier alpha value is 0.267. The zero-order chi connectivity index (χ0) is 8.20. The highest BCUT2D eigenvalue weighted by Gasteiger charge is 2.22. The van der Waals surface area contributed by atoms with E-state index in [1.807, 2.05) is 0 Å². The number of rotatable bonds is 3. The lowest BCUT2D eigenvalue weighted by atomic mass is 10.5. The van der Waals surface area contributed by atoms with Crippen molar-refractivity contribution in [3.8, 4) is 0 Å². The molecular weight excluding hydrogens is 191 g/mol. The van der Waals surface area contributed by atoms with Crippen LogP contribution in [0.3, 0.4) is 0 Å². The van der Waals surface area contributed by atoms with Crippen LogP contribution in [0.4, 0.5) is 0 Å². The molecule has 5 heteroatoms. The molecule has 0 N–H and O–H groups in total. The molecule has 0 rings (SSSR count). The monoisotopic (exact) mass is 200 g/mol. The second kappa shape index (κ2) is 4.21. The fourth-order valence-electron chi connectivity index (χ4n) is 0.309. The van der Waals surface area contributed by atoms with Crippen LogP contribution >= 0.6 is 22.2 Å². The largest absolute Gasteiger partial charge is 0.466 e. The summed E-state index contributed by atoms with van der Waals surface area (Å²) in [6, 6.07) is 0. The van der Waals surface area contributed by atoms with Crippen LogP contribution in [0, 0.1) is 0 Å². The van der Waals surface area contributed by atoms with Crippen molar-refractivity contribution in [2.75, 3.05) is 6.23 Å². The van der Waals surface area contributed by atoms with Gasteiger partial charge in [-0.15, -0.1) is 22.2 Å². The summed E-state index contributed by atoms with van der Waals surface area (Å²) >= 11 is 11.3. The molecule has 10 heavy (non-hydrogen) atoms. The fourth-order valence-corrected chi connectivity index (χ4v) is 1.05. The molecule has 0 radical (unpaired) electrons. The Balaban J connectivity index is 3.46. The van der Waals surface area contributed by atoms with Gasteiger partial charge in [0.25, 0.3) is 6.69 Å². The Morgan fingerprint density at radius 3 is 2.40 bits per heavy atom. The van der Waals surface area contributed by atoms with E-state index < -0.39 is 6.69 Å². The Bertz CT molecular complexity index is 121. The molecule has 0 atom stereocenters. The standard InChI is InChI=1S/C5H10Cl2O2Si/c1-3-5(8)9-4-10(2,6)7/h3-4H2,1-2H3. The predicted molar refractivity (Wildman–Crippen MR) is 44.6 cm³/mol. The Morgan fingerprint density at radius 1 is 1.60 bits per heavy atom. The Labute approximate surface area is 70.9 Å². The van der Waals surface area contributed by atoms with E-state index in [9.17, 15) is 4.79 Å². The normalized spacial score (nSPS) is 11.2. The first-order chi connectivity index (χ1) is 4.45. The molecule has 0 spiro atoms. The lowest BCUT2D eigenvalue weighted by Gasteiger charge is -2.09. The highest BCUT2D eigenvalue weighted by atomic mass is 35.7. The predicted octanol–water partition coefficient (Wildman–Crippen LogP) is 2.03. The number of hydrogen-bond acceptors (Lipinski definition) is 2. The quantitative estimate of drug-likeness (QED) is 0.396. The first kappa shape index (κ1) is 10.3. The van der Waals surface area contributed by atoms with Crippen molar-refractivity contribution in [3.63, 3.8) is 0 Å². The summed E-state index contributed by atoms with van der Waals surface area (Å²) in [6.45, 7) is 1.20.